The minimum Gasteiger partial charge on any atom is -0.493 e. The fraction of sp³-hybridized carbons (Fsp3) is 0.333. The Morgan fingerprint density at radius 1 is 1.16 bits per heavy atom. The van der Waals surface area contributed by atoms with Gasteiger partial charge in [-0.3, -0.25) is 14.9 Å². The second-order valence-corrected chi connectivity index (χ2v) is 8.80. The van der Waals surface area contributed by atoms with Crippen molar-refractivity contribution in [2.75, 3.05) is 31.5 Å². The molecule has 1 unspecified atom stereocenters. The van der Waals surface area contributed by atoms with Crippen LogP contribution in [-0.4, -0.2) is 42.7 Å². The van der Waals surface area contributed by atoms with E-state index in [0.29, 0.717) is 40.5 Å². The van der Waals surface area contributed by atoms with Crippen LogP contribution < -0.4 is 20.1 Å². The molecule has 4 rings (SSSR count). The third-order valence-electron chi connectivity index (χ3n) is 4.88. The van der Waals surface area contributed by atoms with Gasteiger partial charge in [-0.05, 0) is 31.9 Å². The number of aryl methyl sites for hydroxylation is 1. The Balaban J connectivity index is 1.42. The Morgan fingerprint density at radius 3 is 2.72 bits per heavy atom. The number of anilines is 3. The molecule has 168 valence electrons. The zero-order valence-corrected chi connectivity index (χ0v) is 19.4. The van der Waals surface area contributed by atoms with Gasteiger partial charge in [-0.2, -0.15) is 0 Å². The Kier molecular flexibility index (Phi) is 6.56. The van der Waals surface area contributed by atoms with Crippen LogP contribution in [0.15, 0.2) is 23.6 Å². The van der Waals surface area contributed by atoms with E-state index in [1.165, 1.54) is 22.7 Å². The lowest BCUT2D eigenvalue weighted by molar-refractivity contribution is -0.145. The monoisotopic (exact) mass is 474 g/mol. The molecule has 32 heavy (non-hydrogen) atoms. The van der Waals surface area contributed by atoms with Crippen LogP contribution in [0.4, 0.5) is 16.0 Å². The quantitative estimate of drug-likeness (QED) is 0.467. The molecule has 0 spiro atoms. The summed E-state index contributed by atoms with van der Waals surface area (Å²) in [6.45, 7) is 2.12. The average Bonchev–Trinajstić information content (AvgIpc) is 3.49. The second kappa shape index (κ2) is 9.53. The lowest BCUT2D eigenvalue weighted by atomic mass is 10.1. The molecular formula is C21H22N4O5S2. The van der Waals surface area contributed by atoms with Gasteiger partial charge in [-0.15, -0.1) is 22.7 Å². The van der Waals surface area contributed by atoms with Gasteiger partial charge in [-0.25, -0.2) is 9.97 Å². The van der Waals surface area contributed by atoms with Gasteiger partial charge < -0.3 is 19.5 Å². The van der Waals surface area contributed by atoms with Crippen molar-refractivity contribution < 1.29 is 23.8 Å². The molecule has 2 heterocycles. The summed E-state index contributed by atoms with van der Waals surface area (Å²) in [4.78, 5) is 34.6. The zero-order chi connectivity index (χ0) is 22.7. The number of nitrogens with zero attached hydrogens (tertiary/aromatic N) is 2. The molecule has 1 aromatic carbocycles. The Labute approximate surface area is 192 Å². The Hall–Kier alpha value is -3.18. The minimum absolute atomic E-state index is 0.264. The first-order valence-electron chi connectivity index (χ1n) is 9.94. The average molecular weight is 475 g/mol. The number of aromatic nitrogens is 2. The molecule has 1 atom stereocenters. The van der Waals surface area contributed by atoms with E-state index in [-0.39, 0.29) is 23.5 Å². The normalized spacial score (nSPS) is 14.5. The van der Waals surface area contributed by atoms with Gasteiger partial charge in [0.15, 0.2) is 21.8 Å². The lowest BCUT2D eigenvalue weighted by Gasteiger charge is -2.09. The molecule has 1 aliphatic carbocycles. The molecule has 2 aromatic heterocycles. The van der Waals surface area contributed by atoms with Crippen molar-refractivity contribution in [1.82, 2.24) is 9.97 Å². The van der Waals surface area contributed by atoms with Crippen molar-refractivity contribution in [3.05, 3.63) is 39.8 Å². The molecular weight excluding hydrogens is 452 g/mol. The number of thiazole rings is 2. The first-order valence-corrected chi connectivity index (χ1v) is 11.6. The number of amides is 1. The minimum atomic E-state index is -0.360. The topological polar surface area (TPSA) is 112 Å². The third kappa shape index (κ3) is 4.53. The van der Waals surface area contributed by atoms with E-state index in [9.17, 15) is 9.59 Å². The third-order valence-corrected chi connectivity index (χ3v) is 6.68. The summed E-state index contributed by atoms with van der Waals surface area (Å²) in [7, 11) is 3.14. The fourth-order valence-corrected chi connectivity index (χ4v) is 5.13. The van der Waals surface area contributed by atoms with Crippen LogP contribution >= 0.6 is 22.7 Å². The van der Waals surface area contributed by atoms with Gasteiger partial charge in [0.25, 0.3) is 5.91 Å². The van der Waals surface area contributed by atoms with E-state index in [1.54, 1.807) is 38.7 Å². The van der Waals surface area contributed by atoms with Gasteiger partial charge in [0, 0.05) is 22.0 Å². The molecule has 0 bridgehead atoms. The molecule has 0 fully saturated rings. The predicted octanol–water partition coefficient (Wildman–Crippen LogP) is 4.21. The van der Waals surface area contributed by atoms with E-state index < -0.39 is 0 Å². The Bertz CT molecular complexity index is 1140. The number of benzene rings is 1. The van der Waals surface area contributed by atoms with Crippen LogP contribution in [0.3, 0.4) is 0 Å². The van der Waals surface area contributed by atoms with Crippen molar-refractivity contribution >= 4 is 50.5 Å². The summed E-state index contributed by atoms with van der Waals surface area (Å²) in [6, 6.07) is 5.41. The standard InChI is InChI=1S/C21H22N4O5S2/c1-4-30-19(27)12-6-8-16-17(12)24-21(32-16)25-18(26)13-10-31-20(23-13)22-11-5-7-14(28-2)15(9-11)29-3/h5,7,9-10,12H,4,6,8H2,1-3H3,(H,22,23)(H,24,25,26). The highest BCUT2D eigenvalue weighted by atomic mass is 32.1. The number of ether oxygens (including phenoxy) is 3. The molecule has 0 saturated carbocycles. The molecule has 11 heteroatoms. The summed E-state index contributed by atoms with van der Waals surface area (Å²) in [5.41, 5.74) is 1.73. The first kappa shape index (κ1) is 22.0. The maximum Gasteiger partial charge on any atom is 0.315 e. The fourth-order valence-electron chi connectivity index (χ4n) is 3.39. The Morgan fingerprint density at radius 2 is 1.97 bits per heavy atom. The number of carbonyl (C=O) groups is 2. The summed E-state index contributed by atoms with van der Waals surface area (Å²) in [5, 5.41) is 8.63. The maximum atomic E-state index is 12.7. The smallest absolute Gasteiger partial charge is 0.315 e. The summed E-state index contributed by atoms with van der Waals surface area (Å²) < 4.78 is 15.7. The predicted molar refractivity (Wildman–Crippen MR) is 123 cm³/mol. The van der Waals surface area contributed by atoms with E-state index in [0.717, 1.165) is 17.0 Å². The van der Waals surface area contributed by atoms with Crippen LogP contribution in [0.5, 0.6) is 11.5 Å². The van der Waals surface area contributed by atoms with E-state index in [2.05, 4.69) is 20.6 Å². The highest BCUT2D eigenvalue weighted by Crippen LogP contribution is 2.39. The molecule has 0 radical (unpaired) electrons. The zero-order valence-electron chi connectivity index (χ0n) is 17.8. The highest BCUT2D eigenvalue weighted by Gasteiger charge is 2.34. The number of methoxy groups -OCH3 is 2. The van der Waals surface area contributed by atoms with Gasteiger partial charge in [0.2, 0.25) is 0 Å². The van der Waals surface area contributed by atoms with Gasteiger partial charge in [-0.1, -0.05) is 0 Å². The van der Waals surface area contributed by atoms with Crippen molar-refractivity contribution in [1.29, 1.82) is 0 Å². The highest BCUT2D eigenvalue weighted by molar-refractivity contribution is 7.16. The van der Waals surface area contributed by atoms with Gasteiger partial charge in [0.05, 0.1) is 26.5 Å². The lowest BCUT2D eigenvalue weighted by Crippen LogP contribution is -2.15. The van der Waals surface area contributed by atoms with Crippen LogP contribution in [-0.2, 0) is 16.0 Å². The van der Waals surface area contributed by atoms with Crippen molar-refractivity contribution in [2.45, 2.75) is 25.7 Å². The van der Waals surface area contributed by atoms with Gasteiger partial charge >= 0.3 is 5.97 Å². The second-order valence-electron chi connectivity index (χ2n) is 6.86. The largest absolute Gasteiger partial charge is 0.493 e. The number of fused-ring (bicyclic) bond motifs is 1. The van der Waals surface area contributed by atoms with Crippen molar-refractivity contribution in [2.24, 2.45) is 0 Å². The number of rotatable bonds is 8. The summed E-state index contributed by atoms with van der Waals surface area (Å²) in [6.07, 6.45) is 1.45. The number of hydrogen-bond donors (Lipinski definition) is 2. The van der Waals surface area contributed by atoms with Crippen molar-refractivity contribution in [3.8, 4) is 11.5 Å². The van der Waals surface area contributed by atoms with Crippen molar-refractivity contribution in [3.63, 3.8) is 0 Å². The maximum absolute atomic E-state index is 12.7. The SMILES string of the molecule is CCOC(=O)C1CCc2sc(NC(=O)c3csc(Nc4ccc(OC)c(OC)c4)n3)nc21. The molecule has 2 N–H and O–H groups in total. The molecule has 0 aliphatic heterocycles. The molecule has 9 nitrogen and oxygen atoms in total. The van der Waals surface area contributed by atoms with E-state index >= 15 is 0 Å². The number of carbonyl (C=O) groups excluding carboxylic acids is 2. The molecule has 0 saturated heterocycles. The first-order chi connectivity index (χ1) is 15.5. The van der Waals surface area contributed by atoms with Crippen LogP contribution in [0.25, 0.3) is 0 Å². The summed E-state index contributed by atoms with van der Waals surface area (Å²) >= 11 is 2.69. The molecule has 3 aromatic rings. The van der Waals surface area contributed by atoms with Gasteiger partial charge in [0.1, 0.15) is 11.6 Å². The number of esters is 1. The van der Waals surface area contributed by atoms with E-state index in [1.807, 2.05) is 6.07 Å². The number of hydrogen-bond acceptors (Lipinski definition) is 10. The van der Waals surface area contributed by atoms with Crippen LogP contribution in [0.2, 0.25) is 0 Å². The molecule has 1 aliphatic rings. The van der Waals surface area contributed by atoms with E-state index in [4.69, 9.17) is 14.2 Å². The number of nitrogens with one attached hydrogen (secondary N) is 2. The van der Waals surface area contributed by atoms with Crippen LogP contribution in [0, 0.1) is 0 Å². The molecule has 1 amide bonds. The van der Waals surface area contributed by atoms with Crippen LogP contribution in [0.1, 0.15) is 40.3 Å². The summed E-state index contributed by atoms with van der Waals surface area (Å²) in [5.74, 6) is 0.229.